The van der Waals surface area contributed by atoms with Crippen LogP contribution >= 0.6 is 0 Å². The standard InChI is InChI=1S/C23H25NO4/c1-15-5-4-6-16(13-15)7-8-18(25)22-20(28-3)14-19(27-2)21(23(22)26)17-9-11-24-12-10-17/h4-9,13-14,24,26H,10-12H2,1-3H3. The molecule has 146 valence electrons. The summed E-state index contributed by atoms with van der Waals surface area (Å²) in [6, 6.07) is 9.50. The fourth-order valence-corrected chi connectivity index (χ4v) is 3.37. The highest BCUT2D eigenvalue weighted by atomic mass is 16.5. The van der Waals surface area contributed by atoms with Gasteiger partial charge in [0, 0.05) is 12.6 Å². The van der Waals surface area contributed by atoms with Crippen molar-refractivity contribution in [3.63, 3.8) is 0 Å². The molecule has 0 radical (unpaired) electrons. The average molecular weight is 379 g/mol. The molecule has 28 heavy (non-hydrogen) atoms. The Labute approximate surface area is 165 Å². The fourth-order valence-electron chi connectivity index (χ4n) is 3.37. The van der Waals surface area contributed by atoms with Gasteiger partial charge in [-0.3, -0.25) is 4.79 Å². The molecule has 0 amide bonds. The van der Waals surface area contributed by atoms with Crippen LogP contribution in [0.2, 0.25) is 0 Å². The summed E-state index contributed by atoms with van der Waals surface area (Å²) in [6.45, 7) is 3.51. The predicted molar refractivity (Wildman–Crippen MR) is 111 cm³/mol. The topological polar surface area (TPSA) is 67.8 Å². The lowest BCUT2D eigenvalue weighted by atomic mass is 9.93. The highest BCUT2D eigenvalue weighted by Gasteiger charge is 2.25. The van der Waals surface area contributed by atoms with Crippen LogP contribution < -0.4 is 14.8 Å². The zero-order valence-electron chi connectivity index (χ0n) is 16.4. The van der Waals surface area contributed by atoms with E-state index in [-0.39, 0.29) is 22.8 Å². The van der Waals surface area contributed by atoms with Crippen LogP contribution in [0.3, 0.4) is 0 Å². The number of carbonyl (C=O) groups is 1. The minimum absolute atomic E-state index is 0.108. The Hall–Kier alpha value is -3.05. The number of allylic oxidation sites excluding steroid dienone is 1. The molecule has 0 aromatic heterocycles. The molecule has 2 aromatic carbocycles. The summed E-state index contributed by atoms with van der Waals surface area (Å²) >= 11 is 0. The fraction of sp³-hybridized carbons (Fsp3) is 0.261. The summed E-state index contributed by atoms with van der Waals surface area (Å²) in [7, 11) is 3.01. The Morgan fingerprint density at radius 3 is 2.61 bits per heavy atom. The van der Waals surface area contributed by atoms with Crippen molar-refractivity contribution in [3.8, 4) is 17.2 Å². The monoisotopic (exact) mass is 379 g/mol. The number of aryl methyl sites for hydroxylation is 1. The molecule has 0 unspecified atom stereocenters. The van der Waals surface area contributed by atoms with Gasteiger partial charge in [0.15, 0.2) is 5.78 Å². The zero-order chi connectivity index (χ0) is 20.1. The Morgan fingerprint density at radius 2 is 1.96 bits per heavy atom. The van der Waals surface area contributed by atoms with E-state index in [1.54, 1.807) is 19.3 Å². The number of hydrogen-bond acceptors (Lipinski definition) is 5. The first-order valence-corrected chi connectivity index (χ1v) is 9.22. The van der Waals surface area contributed by atoms with Gasteiger partial charge in [0.05, 0.1) is 19.8 Å². The van der Waals surface area contributed by atoms with Gasteiger partial charge in [-0.1, -0.05) is 42.0 Å². The largest absolute Gasteiger partial charge is 0.506 e. The van der Waals surface area contributed by atoms with Crippen molar-refractivity contribution in [1.29, 1.82) is 0 Å². The van der Waals surface area contributed by atoms with Crippen LogP contribution in [-0.4, -0.2) is 38.2 Å². The van der Waals surface area contributed by atoms with Crippen molar-refractivity contribution in [3.05, 3.63) is 64.7 Å². The number of ether oxygens (including phenoxy) is 2. The van der Waals surface area contributed by atoms with Crippen molar-refractivity contribution in [2.75, 3.05) is 27.3 Å². The van der Waals surface area contributed by atoms with E-state index in [2.05, 4.69) is 5.32 Å². The molecule has 1 aliphatic rings. The molecule has 1 aliphatic heterocycles. The van der Waals surface area contributed by atoms with E-state index in [1.807, 2.05) is 37.3 Å². The van der Waals surface area contributed by atoms with Gasteiger partial charge >= 0.3 is 0 Å². The number of hydrogen-bond donors (Lipinski definition) is 2. The number of aromatic hydroxyl groups is 1. The molecule has 0 spiro atoms. The minimum atomic E-state index is -0.325. The molecule has 2 aromatic rings. The third kappa shape index (κ3) is 4.10. The molecular formula is C23H25NO4. The second kappa shape index (κ2) is 8.76. The Bertz CT molecular complexity index is 944. The quantitative estimate of drug-likeness (QED) is 0.587. The molecule has 0 bridgehead atoms. The lowest BCUT2D eigenvalue weighted by molar-refractivity contribution is 0.104. The lowest BCUT2D eigenvalue weighted by Gasteiger charge is -2.20. The molecule has 1 heterocycles. The first kappa shape index (κ1) is 19.7. The molecular weight excluding hydrogens is 354 g/mol. The van der Waals surface area contributed by atoms with Crippen molar-refractivity contribution in [1.82, 2.24) is 5.32 Å². The number of phenolic OH excluding ortho intramolecular Hbond substituents is 1. The second-order valence-corrected chi connectivity index (χ2v) is 6.67. The van der Waals surface area contributed by atoms with E-state index in [0.717, 1.165) is 29.7 Å². The van der Waals surface area contributed by atoms with Crippen LogP contribution in [0.4, 0.5) is 0 Å². The normalized spacial score (nSPS) is 14.0. The van der Waals surface area contributed by atoms with Crippen molar-refractivity contribution in [2.45, 2.75) is 13.3 Å². The van der Waals surface area contributed by atoms with Crippen molar-refractivity contribution in [2.24, 2.45) is 0 Å². The minimum Gasteiger partial charge on any atom is -0.506 e. The molecule has 0 aliphatic carbocycles. The second-order valence-electron chi connectivity index (χ2n) is 6.67. The van der Waals surface area contributed by atoms with E-state index < -0.39 is 0 Å². The smallest absolute Gasteiger partial charge is 0.193 e. The number of phenols is 1. The van der Waals surface area contributed by atoms with Gasteiger partial charge in [0.25, 0.3) is 0 Å². The van der Waals surface area contributed by atoms with E-state index in [1.165, 1.54) is 13.2 Å². The number of rotatable bonds is 6. The van der Waals surface area contributed by atoms with E-state index in [0.29, 0.717) is 17.9 Å². The van der Waals surface area contributed by atoms with Crippen LogP contribution in [0.15, 0.2) is 42.5 Å². The Balaban J connectivity index is 2.06. The summed E-state index contributed by atoms with van der Waals surface area (Å²) in [5, 5.41) is 14.2. The zero-order valence-corrected chi connectivity index (χ0v) is 16.4. The number of methoxy groups -OCH3 is 2. The summed E-state index contributed by atoms with van der Waals surface area (Å²) < 4.78 is 10.8. The first-order valence-electron chi connectivity index (χ1n) is 9.22. The van der Waals surface area contributed by atoms with Gasteiger partial charge in [-0.25, -0.2) is 0 Å². The average Bonchev–Trinajstić information content (AvgIpc) is 2.71. The summed E-state index contributed by atoms with van der Waals surface area (Å²) in [5.41, 5.74) is 3.67. The maximum atomic E-state index is 12.9. The number of benzene rings is 2. The Kier molecular flexibility index (Phi) is 6.16. The SMILES string of the molecule is COc1cc(OC)c(C2=CCNCC2)c(O)c1C(=O)C=Cc1cccc(C)c1. The summed E-state index contributed by atoms with van der Waals surface area (Å²) in [4.78, 5) is 12.9. The van der Waals surface area contributed by atoms with Gasteiger partial charge in [0.2, 0.25) is 0 Å². The van der Waals surface area contributed by atoms with Crippen LogP contribution in [0, 0.1) is 6.92 Å². The number of ketones is 1. The molecule has 5 nitrogen and oxygen atoms in total. The van der Waals surface area contributed by atoms with Crippen LogP contribution in [0.25, 0.3) is 11.6 Å². The summed E-state index contributed by atoms with van der Waals surface area (Å²) in [6.07, 6.45) is 5.94. The maximum Gasteiger partial charge on any atom is 0.193 e. The molecule has 0 atom stereocenters. The highest BCUT2D eigenvalue weighted by Crippen LogP contribution is 2.43. The predicted octanol–water partition coefficient (Wildman–Crippen LogP) is 3.99. The lowest BCUT2D eigenvalue weighted by Crippen LogP contribution is -2.20. The van der Waals surface area contributed by atoms with Gasteiger partial charge in [-0.2, -0.15) is 0 Å². The van der Waals surface area contributed by atoms with Gasteiger partial charge < -0.3 is 19.9 Å². The van der Waals surface area contributed by atoms with Crippen LogP contribution in [-0.2, 0) is 0 Å². The highest BCUT2D eigenvalue weighted by molar-refractivity contribution is 6.11. The van der Waals surface area contributed by atoms with Gasteiger partial charge in [-0.15, -0.1) is 0 Å². The van der Waals surface area contributed by atoms with Gasteiger partial charge in [-0.05, 0) is 37.1 Å². The first-order chi connectivity index (χ1) is 13.5. The molecule has 5 heteroatoms. The van der Waals surface area contributed by atoms with E-state index in [4.69, 9.17) is 9.47 Å². The molecule has 0 saturated heterocycles. The van der Waals surface area contributed by atoms with Crippen molar-refractivity contribution >= 4 is 17.4 Å². The number of nitrogens with one attached hydrogen (secondary N) is 1. The van der Waals surface area contributed by atoms with Crippen molar-refractivity contribution < 1.29 is 19.4 Å². The van der Waals surface area contributed by atoms with Crippen LogP contribution in [0.5, 0.6) is 17.2 Å². The molecule has 3 rings (SSSR count). The van der Waals surface area contributed by atoms with E-state index in [9.17, 15) is 9.90 Å². The van der Waals surface area contributed by atoms with Crippen LogP contribution in [0.1, 0.15) is 33.5 Å². The molecule has 2 N–H and O–H groups in total. The third-order valence-electron chi connectivity index (χ3n) is 4.77. The molecule has 0 saturated carbocycles. The van der Waals surface area contributed by atoms with Gasteiger partial charge in [0.1, 0.15) is 22.8 Å². The number of carbonyl (C=O) groups excluding carboxylic acids is 1. The molecule has 0 fully saturated rings. The summed E-state index contributed by atoms with van der Waals surface area (Å²) in [5.74, 6) is 0.339. The third-order valence-corrected chi connectivity index (χ3v) is 4.77. The van der Waals surface area contributed by atoms with E-state index >= 15 is 0 Å². The Morgan fingerprint density at radius 1 is 1.18 bits per heavy atom. The maximum absolute atomic E-state index is 12.9.